The number of ether oxygens (including phenoxy) is 3. The van der Waals surface area contributed by atoms with E-state index in [1.54, 1.807) is 7.11 Å². The van der Waals surface area contributed by atoms with Gasteiger partial charge in [-0.2, -0.15) is 15.0 Å². The Balaban J connectivity index is 1.99. The summed E-state index contributed by atoms with van der Waals surface area (Å²) >= 11 is 0. The minimum atomic E-state index is -0.341. The van der Waals surface area contributed by atoms with Crippen LogP contribution >= 0.6 is 0 Å². The second-order valence-electron chi connectivity index (χ2n) is 4.69. The molecule has 1 aromatic rings. The molecule has 0 saturated carbocycles. The van der Waals surface area contributed by atoms with Gasteiger partial charge < -0.3 is 25.3 Å². The van der Waals surface area contributed by atoms with Crippen LogP contribution in [0.25, 0.3) is 0 Å². The average Bonchev–Trinajstić information content (AvgIpc) is 2.92. The Morgan fingerprint density at radius 2 is 2.25 bits per heavy atom. The Labute approximate surface area is 118 Å². The number of nitrogens with zero attached hydrogens (tertiary/aromatic N) is 3. The van der Waals surface area contributed by atoms with E-state index in [1.807, 2.05) is 6.92 Å². The predicted octanol–water partition coefficient (Wildman–Crippen LogP) is 0.460. The molecule has 2 rings (SSSR count). The average molecular weight is 283 g/mol. The molecule has 20 heavy (non-hydrogen) atoms. The first-order valence-electron chi connectivity index (χ1n) is 6.68. The SMILES string of the molecule is CCCOc1nc(N)nc(NCC2(OC)CCOC2)n1. The highest BCUT2D eigenvalue weighted by Gasteiger charge is 2.35. The van der Waals surface area contributed by atoms with Gasteiger partial charge in [-0.3, -0.25) is 0 Å². The number of aromatic nitrogens is 3. The van der Waals surface area contributed by atoms with Crippen LogP contribution in [0, 0.1) is 0 Å². The van der Waals surface area contributed by atoms with E-state index in [9.17, 15) is 0 Å². The predicted molar refractivity (Wildman–Crippen MR) is 73.7 cm³/mol. The van der Waals surface area contributed by atoms with E-state index < -0.39 is 0 Å². The van der Waals surface area contributed by atoms with Gasteiger partial charge in [0.25, 0.3) is 0 Å². The molecule has 1 atom stereocenters. The van der Waals surface area contributed by atoms with Gasteiger partial charge in [-0.15, -0.1) is 0 Å². The third-order valence-electron chi connectivity index (χ3n) is 3.14. The summed E-state index contributed by atoms with van der Waals surface area (Å²) in [5, 5.41) is 3.11. The summed E-state index contributed by atoms with van der Waals surface area (Å²) in [6.45, 7) is 4.33. The summed E-state index contributed by atoms with van der Waals surface area (Å²) in [7, 11) is 1.67. The van der Waals surface area contributed by atoms with E-state index in [2.05, 4.69) is 20.3 Å². The van der Waals surface area contributed by atoms with Gasteiger partial charge >= 0.3 is 6.01 Å². The molecule has 0 amide bonds. The van der Waals surface area contributed by atoms with Gasteiger partial charge in [-0.25, -0.2) is 0 Å². The van der Waals surface area contributed by atoms with Crippen molar-refractivity contribution in [1.82, 2.24) is 15.0 Å². The Morgan fingerprint density at radius 1 is 1.40 bits per heavy atom. The van der Waals surface area contributed by atoms with Gasteiger partial charge in [0, 0.05) is 26.7 Å². The van der Waals surface area contributed by atoms with Gasteiger partial charge in [0.1, 0.15) is 5.60 Å². The maximum absolute atomic E-state index is 5.64. The van der Waals surface area contributed by atoms with Gasteiger partial charge in [0.15, 0.2) is 0 Å². The second-order valence-corrected chi connectivity index (χ2v) is 4.69. The number of hydrogen-bond donors (Lipinski definition) is 2. The number of hydrogen-bond acceptors (Lipinski definition) is 8. The zero-order valence-corrected chi connectivity index (χ0v) is 11.9. The quantitative estimate of drug-likeness (QED) is 0.743. The second kappa shape index (κ2) is 6.67. The summed E-state index contributed by atoms with van der Waals surface area (Å²) in [6, 6.07) is 0.232. The lowest BCUT2D eigenvalue weighted by atomic mass is 10.0. The van der Waals surface area contributed by atoms with Crippen molar-refractivity contribution in [3.8, 4) is 6.01 Å². The maximum atomic E-state index is 5.64. The highest BCUT2D eigenvalue weighted by Crippen LogP contribution is 2.22. The third kappa shape index (κ3) is 3.67. The van der Waals surface area contributed by atoms with Crippen molar-refractivity contribution in [2.24, 2.45) is 0 Å². The molecule has 1 aliphatic rings. The van der Waals surface area contributed by atoms with Crippen LogP contribution in [-0.4, -0.2) is 54.0 Å². The first kappa shape index (κ1) is 14.7. The summed E-state index contributed by atoms with van der Waals surface area (Å²) in [4.78, 5) is 12.1. The van der Waals surface area contributed by atoms with Gasteiger partial charge in [-0.05, 0) is 6.42 Å². The monoisotopic (exact) mass is 283 g/mol. The largest absolute Gasteiger partial charge is 0.463 e. The lowest BCUT2D eigenvalue weighted by molar-refractivity contribution is -0.00632. The number of nitrogens with two attached hydrogens (primary N) is 1. The minimum Gasteiger partial charge on any atom is -0.463 e. The molecule has 0 aliphatic carbocycles. The fourth-order valence-corrected chi connectivity index (χ4v) is 1.91. The molecule has 0 aromatic carbocycles. The van der Waals surface area contributed by atoms with Crippen molar-refractivity contribution >= 4 is 11.9 Å². The van der Waals surface area contributed by atoms with Crippen LogP contribution in [0.5, 0.6) is 6.01 Å². The highest BCUT2D eigenvalue weighted by molar-refractivity contribution is 5.33. The topological polar surface area (TPSA) is 104 Å². The lowest BCUT2D eigenvalue weighted by Gasteiger charge is -2.25. The van der Waals surface area contributed by atoms with E-state index in [0.717, 1.165) is 12.8 Å². The zero-order chi connectivity index (χ0) is 14.4. The van der Waals surface area contributed by atoms with Crippen molar-refractivity contribution in [3.05, 3.63) is 0 Å². The van der Waals surface area contributed by atoms with Gasteiger partial charge in [-0.1, -0.05) is 6.92 Å². The molecule has 1 saturated heterocycles. The van der Waals surface area contributed by atoms with Crippen LogP contribution < -0.4 is 15.8 Å². The number of anilines is 2. The van der Waals surface area contributed by atoms with E-state index in [4.69, 9.17) is 19.9 Å². The summed E-state index contributed by atoms with van der Waals surface area (Å²) in [5.74, 6) is 0.509. The van der Waals surface area contributed by atoms with Crippen LogP contribution in [0.15, 0.2) is 0 Å². The Bertz CT molecular complexity index is 437. The summed E-state index contributed by atoms with van der Waals surface area (Å²) in [6.07, 6.45) is 1.70. The van der Waals surface area contributed by atoms with Crippen LogP contribution in [0.3, 0.4) is 0 Å². The van der Waals surface area contributed by atoms with Crippen molar-refractivity contribution in [1.29, 1.82) is 0 Å². The molecule has 1 aromatic heterocycles. The number of nitrogen functional groups attached to an aromatic ring is 1. The van der Waals surface area contributed by atoms with E-state index in [1.165, 1.54) is 0 Å². The highest BCUT2D eigenvalue weighted by atomic mass is 16.5. The van der Waals surface area contributed by atoms with Crippen molar-refractivity contribution < 1.29 is 14.2 Å². The molecular weight excluding hydrogens is 262 g/mol. The van der Waals surface area contributed by atoms with E-state index >= 15 is 0 Å². The number of rotatable bonds is 7. The summed E-state index contributed by atoms with van der Waals surface area (Å²) < 4.78 is 16.3. The van der Waals surface area contributed by atoms with Gasteiger partial charge in [0.05, 0.1) is 13.2 Å². The lowest BCUT2D eigenvalue weighted by Crippen LogP contribution is -2.40. The molecule has 3 N–H and O–H groups in total. The molecule has 0 spiro atoms. The van der Waals surface area contributed by atoms with Crippen LogP contribution in [0.1, 0.15) is 19.8 Å². The van der Waals surface area contributed by atoms with Crippen LogP contribution in [-0.2, 0) is 9.47 Å². The number of nitrogens with one attached hydrogen (secondary N) is 1. The van der Waals surface area contributed by atoms with Crippen molar-refractivity contribution in [3.63, 3.8) is 0 Å². The standard InChI is InChI=1S/C12H21N5O3/c1-3-5-20-11-16-9(13)15-10(17-11)14-7-12(18-2)4-6-19-8-12/h3-8H2,1-2H3,(H3,13,14,15,16,17). The molecule has 0 radical (unpaired) electrons. The first-order chi connectivity index (χ1) is 9.67. The molecule has 1 fully saturated rings. The van der Waals surface area contributed by atoms with E-state index in [0.29, 0.717) is 32.3 Å². The molecular formula is C12H21N5O3. The maximum Gasteiger partial charge on any atom is 0.323 e. The fraction of sp³-hybridized carbons (Fsp3) is 0.750. The number of methoxy groups -OCH3 is 1. The Hall–Kier alpha value is -1.67. The molecule has 8 heteroatoms. The minimum absolute atomic E-state index is 0.128. The normalized spacial score (nSPS) is 21.9. The molecule has 1 unspecified atom stereocenters. The molecule has 2 heterocycles. The van der Waals surface area contributed by atoms with Crippen molar-refractivity contribution in [2.45, 2.75) is 25.4 Å². The van der Waals surface area contributed by atoms with Gasteiger partial charge in [0.2, 0.25) is 11.9 Å². The van der Waals surface area contributed by atoms with E-state index in [-0.39, 0.29) is 17.6 Å². The Morgan fingerprint density at radius 3 is 2.90 bits per heavy atom. The first-order valence-corrected chi connectivity index (χ1v) is 6.68. The third-order valence-corrected chi connectivity index (χ3v) is 3.14. The molecule has 8 nitrogen and oxygen atoms in total. The van der Waals surface area contributed by atoms with Crippen LogP contribution in [0.4, 0.5) is 11.9 Å². The van der Waals surface area contributed by atoms with Crippen molar-refractivity contribution in [2.75, 3.05) is 44.5 Å². The smallest absolute Gasteiger partial charge is 0.323 e. The Kier molecular flexibility index (Phi) is 4.91. The molecule has 0 bridgehead atoms. The van der Waals surface area contributed by atoms with Crippen LogP contribution in [0.2, 0.25) is 0 Å². The fourth-order valence-electron chi connectivity index (χ4n) is 1.91. The summed E-state index contributed by atoms with van der Waals surface area (Å²) in [5.41, 5.74) is 5.30. The molecule has 1 aliphatic heterocycles. The zero-order valence-electron chi connectivity index (χ0n) is 11.9. The molecule has 112 valence electrons.